The van der Waals surface area contributed by atoms with Crippen molar-refractivity contribution in [2.75, 3.05) is 36.0 Å². The fourth-order valence-electron chi connectivity index (χ4n) is 7.33. The van der Waals surface area contributed by atoms with Crippen LogP contribution < -0.4 is 9.80 Å². The molecule has 4 heteroatoms. The van der Waals surface area contributed by atoms with Gasteiger partial charge >= 0.3 is 0 Å². The highest BCUT2D eigenvalue weighted by atomic mass is 15.1. The zero-order valence-corrected chi connectivity index (χ0v) is 23.0. The van der Waals surface area contributed by atoms with E-state index in [1.807, 2.05) is 24.3 Å². The molecule has 0 atom stereocenters. The summed E-state index contributed by atoms with van der Waals surface area (Å²) in [5.74, 6) is 0. The summed E-state index contributed by atoms with van der Waals surface area (Å²) in [6.45, 7) is 4.69. The molecular formula is C36H34N4. The third kappa shape index (κ3) is 4.48. The first kappa shape index (κ1) is 24.7. The maximum atomic E-state index is 10.00. The first-order chi connectivity index (χ1) is 19.7. The number of rotatable bonds is 4. The average Bonchev–Trinajstić information content (AvgIpc) is 2.99. The van der Waals surface area contributed by atoms with Crippen molar-refractivity contribution in [3.05, 3.63) is 92.0 Å². The SMILES string of the molecule is N#Cc1cc(/C=C/c2cc3c4c(c2)CCCN4CCC3)c(C#N)cc1/C=C/c1cc2c3c(c1)CCCN3CCC2. The summed E-state index contributed by atoms with van der Waals surface area (Å²) < 4.78 is 0. The molecular weight excluding hydrogens is 488 g/mol. The Bertz CT molecular complexity index is 1460. The molecule has 3 aromatic carbocycles. The fourth-order valence-corrected chi connectivity index (χ4v) is 7.33. The van der Waals surface area contributed by atoms with Crippen molar-refractivity contribution in [1.29, 1.82) is 10.5 Å². The van der Waals surface area contributed by atoms with Gasteiger partial charge in [-0.25, -0.2) is 0 Å². The van der Waals surface area contributed by atoms with Crippen LogP contribution in [0.3, 0.4) is 0 Å². The van der Waals surface area contributed by atoms with E-state index in [1.54, 1.807) is 0 Å². The highest BCUT2D eigenvalue weighted by Gasteiger charge is 2.25. The molecule has 0 radical (unpaired) electrons. The summed E-state index contributed by atoms with van der Waals surface area (Å²) in [5, 5.41) is 20.0. The van der Waals surface area contributed by atoms with E-state index in [1.165, 1.54) is 96.6 Å². The summed E-state index contributed by atoms with van der Waals surface area (Å²) in [6.07, 6.45) is 17.6. The summed E-state index contributed by atoms with van der Waals surface area (Å²) in [5.41, 5.74) is 13.9. The zero-order valence-electron chi connectivity index (χ0n) is 23.0. The third-order valence-electron chi connectivity index (χ3n) is 9.08. The van der Waals surface area contributed by atoms with Crippen molar-refractivity contribution < 1.29 is 0 Å². The summed E-state index contributed by atoms with van der Waals surface area (Å²) in [6, 6.07) is 17.7. The Kier molecular flexibility index (Phi) is 6.41. The predicted molar refractivity (Wildman–Crippen MR) is 164 cm³/mol. The van der Waals surface area contributed by atoms with Crippen LogP contribution >= 0.6 is 0 Å². The van der Waals surface area contributed by atoms with Gasteiger partial charge in [-0.15, -0.1) is 0 Å². The lowest BCUT2D eigenvalue weighted by Gasteiger charge is -2.37. The second-order valence-electron chi connectivity index (χ2n) is 11.7. The Morgan fingerprint density at radius 1 is 0.500 bits per heavy atom. The number of hydrogen-bond acceptors (Lipinski definition) is 4. The van der Waals surface area contributed by atoms with Gasteiger partial charge in [0, 0.05) is 37.6 Å². The number of benzene rings is 3. The van der Waals surface area contributed by atoms with E-state index in [0.29, 0.717) is 11.1 Å². The topological polar surface area (TPSA) is 54.1 Å². The monoisotopic (exact) mass is 522 g/mol. The molecule has 0 saturated heterocycles. The number of hydrogen-bond donors (Lipinski definition) is 0. The Balaban J connectivity index is 1.19. The van der Waals surface area contributed by atoms with Gasteiger partial charge in [-0.2, -0.15) is 10.5 Å². The molecule has 0 bridgehead atoms. The van der Waals surface area contributed by atoms with E-state index in [2.05, 4.69) is 58.4 Å². The van der Waals surface area contributed by atoms with Gasteiger partial charge in [0.05, 0.1) is 23.3 Å². The number of anilines is 2. The smallest absolute Gasteiger partial charge is 0.0998 e. The maximum absolute atomic E-state index is 10.00. The average molecular weight is 523 g/mol. The highest BCUT2D eigenvalue weighted by Crippen LogP contribution is 2.38. The van der Waals surface area contributed by atoms with Crippen LogP contribution in [-0.2, 0) is 25.7 Å². The van der Waals surface area contributed by atoms with E-state index in [-0.39, 0.29) is 0 Å². The van der Waals surface area contributed by atoms with E-state index in [0.717, 1.165) is 36.8 Å². The molecule has 4 aliphatic heterocycles. The van der Waals surface area contributed by atoms with E-state index in [4.69, 9.17) is 0 Å². The lowest BCUT2D eigenvalue weighted by Crippen LogP contribution is -2.34. The van der Waals surface area contributed by atoms with Crippen molar-refractivity contribution in [2.45, 2.75) is 51.4 Å². The highest BCUT2D eigenvalue weighted by molar-refractivity contribution is 5.80. The van der Waals surface area contributed by atoms with Gasteiger partial charge in [0.2, 0.25) is 0 Å². The van der Waals surface area contributed by atoms with Crippen LogP contribution in [0, 0.1) is 22.7 Å². The Hall–Kier alpha value is -4.28. The van der Waals surface area contributed by atoms with Gasteiger partial charge in [-0.3, -0.25) is 0 Å². The first-order valence-electron chi connectivity index (χ1n) is 14.9. The molecule has 4 heterocycles. The Labute approximate surface area is 237 Å². The minimum absolute atomic E-state index is 0.594. The van der Waals surface area contributed by atoms with E-state index < -0.39 is 0 Å². The van der Waals surface area contributed by atoms with E-state index >= 15 is 0 Å². The van der Waals surface area contributed by atoms with Gasteiger partial charge in [0.15, 0.2) is 0 Å². The summed E-state index contributed by atoms with van der Waals surface area (Å²) >= 11 is 0. The molecule has 198 valence electrons. The molecule has 3 aromatic rings. The molecule has 4 aliphatic rings. The largest absolute Gasteiger partial charge is 0.371 e. The summed E-state index contributed by atoms with van der Waals surface area (Å²) in [7, 11) is 0. The molecule has 7 rings (SSSR count). The molecule has 40 heavy (non-hydrogen) atoms. The molecule has 0 unspecified atom stereocenters. The summed E-state index contributed by atoms with van der Waals surface area (Å²) in [4.78, 5) is 5.11. The van der Waals surface area contributed by atoms with Crippen LogP contribution in [0.4, 0.5) is 11.4 Å². The van der Waals surface area contributed by atoms with Crippen LogP contribution in [0.15, 0.2) is 36.4 Å². The second kappa shape index (κ2) is 10.4. The molecule has 0 amide bonds. The quantitative estimate of drug-likeness (QED) is 0.341. The molecule has 0 aromatic heterocycles. The van der Waals surface area contributed by atoms with Gasteiger partial charge in [0.1, 0.15) is 0 Å². The second-order valence-corrected chi connectivity index (χ2v) is 11.7. The minimum Gasteiger partial charge on any atom is -0.371 e. The minimum atomic E-state index is 0.594. The molecule has 0 saturated carbocycles. The van der Waals surface area contributed by atoms with E-state index in [9.17, 15) is 10.5 Å². The van der Waals surface area contributed by atoms with Crippen molar-refractivity contribution in [1.82, 2.24) is 0 Å². The van der Waals surface area contributed by atoms with Crippen LogP contribution in [0.25, 0.3) is 24.3 Å². The molecule has 4 nitrogen and oxygen atoms in total. The Morgan fingerprint density at radius 3 is 1.18 bits per heavy atom. The van der Waals surface area contributed by atoms with Crippen molar-refractivity contribution in [2.24, 2.45) is 0 Å². The molecule has 0 N–H and O–H groups in total. The van der Waals surface area contributed by atoms with Gasteiger partial charge in [-0.1, -0.05) is 24.3 Å². The fraction of sp³-hybridized carbons (Fsp3) is 0.333. The number of aryl methyl sites for hydroxylation is 4. The third-order valence-corrected chi connectivity index (χ3v) is 9.08. The van der Waals surface area contributed by atoms with Crippen molar-refractivity contribution >= 4 is 35.7 Å². The zero-order chi connectivity index (χ0) is 27.1. The Morgan fingerprint density at radius 2 is 0.850 bits per heavy atom. The van der Waals surface area contributed by atoms with Gasteiger partial charge < -0.3 is 9.80 Å². The van der Waals surface area contributed by atoms with Gasteiger partial charge in [-0.05, 0) is 132 Å². The lowest BCUT2D eigenvalue weighted by molar-refractivity contribution is 0.634. The van der Waals surface area contributed by atoms with Crippen LogP contribution in [0.2, 0.25) is 0 Å². The predicted octanol–water partition coefficient (Wildman–Crippen LogP) is 7.17. The standard InChI is InChI=1S/C36H34N4/c37-23-33-22-28(12-10-26-19-31-7-3-15-40-16-4-8-32(20-26)36(31)40)34(24-38)21-27(33)11-9-25-17-29-5-1-13-39-14-2-6-30(18-25)35(29)39/h9-12,17-22H,1-8,13-16H2/b11-9+,12-10+. The normalized spacial score (nSPS) is 17.4. The van der Waals surface area contributed by atoms with Crippen molar-refractivity contribution in [3.63, 3.8) is 0 Å². The maximum Gasteiger partial charge on any atom is 0.0998 e. The van der Waals surface area contributed by atoms with Crippen LogP contribution in [0.1, 0.15) is 81.3 Å². The van der Waals surface area contributed by atoms with Crippen molar-refractivity contribution in [3.8, 4) is 12.1 Å². The molecule has 0 aliphatic carbocycles. The lowest BCUT2D eigenvalue weighted by atomic mass is 9.89. The van der Waals surface area contributed by atoms with Crippen LogP contribution in [-0.4, -0.2) is 26.2 Å². The number of nitriles is 2. The first-order valence-corrected chi connectivity index (χ1v) is 14.9. The number of nitrogens with zero attached hydrogens (tertiary/aromatic N) is 4. The van der Waals surface area contributed by atoms with Gasteiger partial charge in [0.25, 0.3) is 0 Å². The van der Waals surface area contributed by atoms with Crippen LogP contribution in [0.5, 0.6) is 0 Å². The molecule has 0 fully saturated rings. The molecule has 0 spiro atoms.